The number of benzene rings is 2. The van der Waals surface area contributed by atoms with Crippen LogP contribution in [0.2, 0.25) is 0 Å². The lowest BCUT2D eigenvalue weighted by Crippen LogP contribution is -2.49. The minimum atomic E-state index is -1.12. The first kappa shape index (κ1) is 26.7. The number of aliphatic hydroxyl groups is 1. The van der Waals surface area contributed by atoms with E-state index in [1.807, 2.05) is 24.3 Å². The Bertz CT molecular complexity index is 931. The first-order valence-corrected chi connectivity index (χ1v) is 11.5. The highest BCUT2D eigenvalue weighted by Gasteiger charge is 2.25. The van der Waals surface area contributed by atoms with E-state index >= 15 is 0 Å². The molecule has 0 aliphatic rings. The van der Waals surface area contributed by atoms with Gasteiger partial charge in [-0.2, -0.15) is 0 Å². The molecule has 2 aromatic rings. The van der Waals surface area contributed by atoms with Crippen LogP contribution in [0.4, 0.5) is 10.5 Å². The minimum Gasteiger partial charge on any atom is -0.456 e. The number of carbonyl (C=O) groups is 2. The number of ether oxygens (including phenoxy) is 2. The molecule has 0 radical (unpaired) electrons. The molecule has 0 fully saturated rings. The highest BCUT2D eigenvalue weighted by molar-refractivity contribution is 9.10. The predicted molar refractivity (Wildman–Crippen MR) is 132 cm³/mol. The number of alkyl carbamates (subject to hydrolysis) is 1. The van der Waals surface area contributed by atoms with E-state index in [9.17, 15) is 14.7 Å². The number of halogens is 1. The molecule has 0 bridgehead atoms. The van der Waals surface area contributed by atoms with Crippen LogP contribution in [0.5, 0.6) is 0 Å². The Kier molecular flexibility index (Phi) is 8.91. The molecule has 1 unspecified atom stereocenters. The lowest BCUT2D eigenvalue weighted by Gasteiger charge is -2.28. The fourth-order valence-corrected chi connectivity index (χ4v) is 3.15. The van der Waals surface area contributed by atoms with Gasteiger partial charge in [0.05, 0.1) is 11.6 Å². The molecule has 180 valence electrons. The average Bonchev–Trinajstić information content (AvgIpc) is 2.67. The third kappa shape index (κ3) is 9.84. The molecule has 0 aliphatic heterocycles. The first-order valence-electron chi connectivity index (χ1n) is 10.7. The summed E-state index contributed by atoms with van der Waals surface area (Å²) in [5.41, 5.74) is 0.671. The number of aliphatic hydroxyl groups excluding tert-OH is 1. The molecule has 2 rings (SSSR count). The van der Waals surface area contributed by atoms with Crippen LogP contribution in [-0.4, -0.2) is 40.6 Å². The highest BCUT2D eigenvalue weighted by Crippen LogP contribution is 2.18. The molecule has 0 saturated heterocycles. The van der Waals surface area contributed by atoms with E-state index in [2.05, 4.69) is 26.6 Å². The Morgan fingerprint density at radius 2 is 1.45 bits per heavy atom. The average molecular weight is 521 g/mol. The van der Waals surface area contributed by atoms with Gasteiger partial charge in [-0.3, -0.25) is 0 Å². The molecule has 0 heterocycles. The summed E-state index contributed by atoms with van der Waals surface area (Å²) in [5.74, 6) is -0.422. The molecule has 2 atom stereocenters. The van der Waals surface area contributed by atoms with E-state index in [4.69, 9.17) is 9.47 Å². The van der Waals surface area contributed by atoms with Crippen molar-refractivity contribution >= 4 is 33.7 Å². The second-order valence-corrected chi connectivity index (χ2v) is 10.7. The van der Waals surface area contributed by atoms with Crippen LogP contribution < -0.4 is 10.6 Å². The second kappa shape index (κ2) is 11.0. The van der Waals surface area contributed by atoms with Crippen LogP contribution in [0, 0.1) is 0 Å². The van der Waals surface area contributed by atoms with Gasteiger partial charge in [0.1, 0.15) is 17.4 Å². The quantitative estimate of drug-likeness (QED) is 0.339. The summed E-state index contributed by atoms with van der Waals surface area (Å²) in [6.45, 7) is 10.7. The van der Waals surface area contributed by atoms with Gasteiger partial charge < -0.3 is 25.2 Å². The fourth-order valence-electron chi connectivity index (χ4n) is 2.89. The van der Waals surface area contributed by atoms with Gasteiger partial charge in [0.25, 0.3) is 0 Å². The Morgan fingerprint density at radius 1 is 0.909 bits per heavy atom. The molecule has 1 amide bonds. The van der Waals surface area contributed by atoms with Gasteiger partial charge in [0, 0.05) is 10.2 Å². The topological polar surface area (TPSA) is 96.9 Å². The van der Waals surface area contributed by atoms with E-state index in [0.29, 0.717) is 17.7 Å². The highest BCUT2D eigenvalue weighted by atomic mass is 79.9. The summed E-state index contributed by atoms with van der Waals surface area (Å²) in [5, 5.41) is 16.6. The minimum absolute atomic E-state index is 0.372. The predicted octanol–water partition coefficient (Wildman–Crippen LogP) is 5.27. The van der Waals surface area contributed by atoms with Crippen LogP contribution in [0.25, 0.3) is 0 Å². The summed E-state index contributed by atoms with van der Waals surface area (Å²) in [6.07, 6.45) is -1.37. The number of anilines is 1. The maximum absolute atomic E-state index is 12.4. The molecule has 0 spiro atoms. The Labute approximate surface area is 204 Å². The van der Waals surface area contributed by atoms with Crippen molar-refractivity contribution in [1.29, 1.82) is 0 Å². The Morgan fingerprint density at radius 3 is 1.97 bits per heavy atom. The number of hydrogen-bond donors (Lipinski definition) is 3. The summed E-state index contributed by atoms with van der Waals surface area (Å²) >= 11 is 3.41. The third-order valence-corrected chi connectivity index (χ3v) is 4.81. The Hall–Kier alpha value is -2.58. The lowest BCUT2D eigenvalue weighted by molar-refractivity contribution is 0.00692. The molecule has 2 aromatic carbocycles. The third-order valence-electron chi connectivity index (χ3n) is 4.29. The molecule has 3 N–H and O–H groups in total. The normalized spacial score (nSPS) is 13.6. The van der Waals surface area contributed by atoms with Crippen molar-refractivity contribution in [3.8, 4) is 0 Å². The van der Waals surface area contributed by atoms with Crippen LogP contribution in [0.1, 0.15) is 57.5 Å². The van der Waals surface area contributed by atoms with Gasteiger partial charge in [-0.15, -0.1) is 0 Å². The smallest absolute Gasteiger partial charge is 0.408 e. The van der Waals surface area contributed by atoms with Crippen molar-refractivity contribution in [2.75, 3.05) is 5.32 Å². The van der Waals surface area contributed by atoms with Gasteiger partial charge in [-0.25, -0.2) is 9.59 Å². The zero-order chi connectivity index (χ0) is 24.8. The number of amides is 1. The largest absolute Gasteiger partial charge is 0.456 e. The van der Waals surface area contributed by atoms with E-state index in [-0.39, 0.29) is 0 Å². The number of hydrogen-bond acceptors (Lipinski definition) is 6. The summed E-state index contributed by atoms with van der Waals surface area (Å²) < 4.78 is 11.7. The first-order chi connectivity index (χ1) is 15.2. The van der Waals surface area contributed by atoms with Gasteiger partial charge in [-0.05, 0) is 89.9 Å². The van der Waals surface area contributed by atoms with Gasteiger partial charge >= 0.3 is 12.1 Å². The monoisotopic (exact) mass is 520 g/mol. The van der Waals surface area contributed by atoms with Crippen molar-refractivity contribution in [2.45, 2.75) is 71.4 Å². The standard InChI is InChI=1S/C25H33BrN2O5/c1-24(2,3)32-22(30)17-9-13-19(14-10-17)27-21(29)20(28-23(31)33-25(4,5)6)15-16-7-11-18(26)12-8-16/h7-14,20-21,27,29H,15H2,1-6H3,(H,28,31)/t20-,21?/m0/s1. The van der Waals surface area contributed by atoms with E-state index < -0.39 is 35.5 Å². The molecule has 0 saturated carbocycles. The summed E-state index contributed by atoms with van der Waals surface area (Å²) in [6, 6.07) is 13.5. The summed E-state index contributed by atoms with van der Waals surface area (Å²) in [7, 11) is 0. The molecule has 0 aromatic heterocycles. The second-order valence-electron chi connectivity index (χ2n) is 9.75. The van der Waals surface area contributed by atoms with Gasteiger partial charge in [-0.1, -0.05) is 28.1 Å². The number of rotatable bonds is 7. The molecular weight excluding hydrogens is 488 g/mol. The summed E-state index contributed by atoms with van der Waals surface area (Å²) in [4.78, 5) is 24.6. The van der Waals surface area contributed by atoms with Crippen molar-refractivity contribution in [3.63, 3.8) is 0 Å². The fraction of sp³-hybridized carbons (Fsp3) is 0.440. The molecule has 0 aliphatic carbocycles. The van der Waals surface area contributed by atoms with Crippen LogP contribution >= 0.6 is 15.9 Å². The van der Waals surface area contributed by atoms with Crippen molar-refractivity contribution in [2.24, 2.45) is 0 Å². The number of esters is 1. The van der Waals surface area contributed by atoms with E-state index in [1.54, 1.807) is 65.8 Å². The maximum Gasteiger partial charge on any atom is 0.408 e. The van der Waals surface area contributed by atoms with Crippen molar-refractivity contribution in [3.05, 3.63) is 64.1 Å². The molecule has 7 nitrogen and oxygen atoms in total. The Balaban J connectivity index is 2.12. The maximum atomic E-state index is 12.4. The number of nitrogens with one attached hydrogen (secondary N) is 2. The lowest BCUT2D eigenvalue weighted by atomic mass is 10.0. The zero-order valence-corrected chi connectivity index (χ0v) is 21.5. The van der Waals surface area contributed by atoms with Gasteiger partial charge in [0.15, 0.2) is 0 Å². The molecule has 33 heavy (non-hydrogen) atoms. The van der Waals surface area contributed by atoms with Crippen LogP contribution in [0.3, 0.4) is 0 Å². The number of carbonyl (C=O) groups excluding carboxylic acids is 2. The van der Waals surface area contributed by atoms with Crippen LogP contribution in [0.15, 0.2) is 53.0 Å². The van der Waals surface area contributed by atoms with Gasteiger partial charge in [0.2, 0.25) is 0 Å². The molecule has 8 heteroatoms. The van der Waals surface area contributed by atoms with Crippen molar-refractivity contribution in [1.82, 2.24) is 5.32 Å². The van der Waals surface area contributed by atoms with E-state index in [1.165, 1.54) is 0 Å². The van der Waals surface area contributed by atoms with Crippen LogP contribution in [-0.2, 0) is 15.9 Å². The van der Waals surface area contributed by atoms with E-state index in [0.717, 1.165) is 10.0 Å². The van der Waals surface area contributed by atoms with Crippen molar-refractivity contribution < 1.29 is 24.2 Å². The SMILES string of the molecule is CC(C)(C)OC(=O)N[C@@H](Cc1ccc(Br)cc1)C(O)Nc1ccc(C(=O)OC(C)(C)C)cc1. The molecular formula is C25H33BrN2O5. The zero-order valence-electron chi connectivity index (χ0n) is 19.9.